The van der Waals surface area contributed by atoms with E-state index in [9.17, 15) is 9.90 Å². The van der Waals surface area contributed by atoms with Gasteiger partial charge in [-0.05, 0) is 31.1 Å². The fraction of sp³-hybridized carbons (Fsp3) is 0.706. The molecule has 0 amide bonds. The summed E-state index contributed by atoms with van der Waals surface area (Å²) >= 11 is 0. The minimum atomic E-state index is -0.583. The molecular weight excluding hydrogens is 268 g/mol. The number of ether oxygens (including phenoxy) is 1. The van der Waals surface area contributed by atoms with Gasteiger partial charge in [-0.15, -0.1) is 0 Å². The summed E-state index contributed by atoms with van der Waals surface area (Å²) < 4.78 is 11.0. The van der Waals surface area contributed by atoms with E-state index in [0.29, 0.717) is 6.42 Å². The average Bonchev–Trinajstić information content (AvgIpc) is 2.89. The van der Waals surface area contributed by atoms with Crippen molar-refractivity contribution in [3.05, 3.63) is 23.7 Å². The number of esters is 1. The topological polar surface area (TPSA) is 59.7 Å². The third kappa shape index (κ3) is 2.39. The van der Waals surface area contributed by atoms with Crippen molar-refractivity contribution in [3.8, 4) is 0 Å². The highest BCUT2D eigenvalue weighted by Gasteiger charge is 2.54. The predicted octanol–water partition coefficient (Wildman–Crippen LogP) is 3.24. The van der Waals surface area contributed by atoms with Crippen LogP contribution in [0.2, 0.25) is 0 Å². The Kier molecular flexibility index (Phi) is 3.21. The molecule has 0 aliphatic heterocycles. The number of rotatable bonds is 1. The number of carbonyl (C=O) groups is 1. The third-order valence-electron chi connectivity index (χ3n) is 5.28. The Bertz CT molecular complexity index is 559. The largest absolute Gasteiger partial charge is 0.472 e. The highest BCUT2D eigenvalue weighted by molar-refractivity contribution is 5.66. The molecule has 21 heavy (non-hydrogen) atoms. The third-order valence-corrected chi connectivity index (χ3v) is 5.28. The van der Waals surface area contributed by atoms with Crippen molar-refractivity contribution >= 4 is 5.97 Å². The summed E-state index contributed by atoms with van der Waals surface area (Å²) in [6.07, 6.45) is 5.27. The highest BCUT2D eigenvalue weighted by atomic mass is 16.6. The van der Waals surface area contributed by atoms with Crippen LogP contribution in [0.3, 0.4) is 0 Å². The minimum absolute atomic E-state index is 0.100. The van der Waals surface area contributed by atoms with Crippen LogP contribution >= 0.6 is 0 Å². The quantitative estimate of drug-likeness (QED) is 0.807. The zero-order valence-corrected chi connectivity index (χ0v) is 13.2. The van der Waals surface area contributed by atoms with Crippen molar-refractivity contribution in [1.29, 1.82) is 0 Å². The van der Waals surface area contributed by atoms with Crippen molar-refractivity contribution in [3.63, 3.8) is 0 Å². The maximum atomic E-state index is 11.6. The molecule has 4 heteroatoms. The van der Waals surface area contributed by atoms with Gasteiger partial charge in [0.25, 0.3) is 0 Å². The van der Waals surface area contributed by atoms with Gasteiger partial charge in [-0.2, -0.15) is 0 Å². The van der Waals surface area contributed by atoms with E-state index in [1.807, 2.05) is 6.92 Å². The Morgan fingerprint density at radius 3 is 2.71 bits per heavy atom. The molecule has 0 aromatic carbocycles. The van der Waals surface area contributed by atoms with Gasteiger partial charge in [-0.25, -0.2) is 0 Å². The van der Waals surface area contributed by atoms with Crippen molar-refractivity contribution in [2.45, 2.75) is 58.7 Å². The first-order valence-corrected chi connectivity index (χ1v) is 7.64. The van der Waals surface area contributed by atoms with Gasteiger partial charge in [0, 0.05) is 30.4 Å². The molecule has 0 unspecified atom stereocenters. The molecule has 1 aromatic rings. The molecule has 0 spiro atoms. The van der Waals surface area contributed by atoms with Crippen LogP contribution in [0.4, 0.5) is 0 Å². The van der Waals surface area contributed by atoms with E-state index in [1.54, 1.807) is 12.5 Å². The lowest BCUT2D eigenvalue weighted by Crippen LogP contribution is -2.43. The lowest BCUT2D eigenvalue weighted by Gasteiger charge is -2.37. The predicted molar refractivity (Wildman–Crippen MR) is 77.5 cm³/mol. The Morgan fingerprint density at radius 1 is 1.33 bits per heavy atom. The molecule has 1 fully saturated rings. The molecule has 4 nitrogen and oxygen atoms in total. The second-order valence-corrected chi connectivity index (χ2v) is 7.72. The van der Waals surface area contributed by atoms with E-state index in [2.05, 4.69) is 13.8 Å². The number of furan rings is 1. The fourth-order valence-corrected chi connectivity index (χ4v) is 4.53. The molecule has 1 heterocycles. The van der Waals surface area contributed by atoms with Crippen LogP contribution < -0.4 is 0 Å². The number of carbonyl (C=O) groups excluding carboxylic acids is 1. The van der Waals surface area contributed by atoms with Gasteiger partial charge in [0.2, 0.25) is 0 Å². The van der Waals surface area contributed by atoms with Gasteiger partial charge < -0.3 is 14.3 Å². The summed E-state index contributed by atoms with van der Waals surface area (Å²) in [6, 6.07) is 0. The average molecular weight is 292 g/mol. The lowest BCUT2D eigenvalue weighted by atomic mass is 9.78. The second-order valence-electron chi connectivity index (χ2n) is 7.72. The Labute approximate surface area is 125 Å². The van der Waals surface area contributed by atoms with E-state index in [4.69, 9.17) is 9.15 Å². The molecular formula is C17H24O4. The molecule has 0 bridgehead atoms. The minimum Gasteiger partial charge on any atom is -0.472 e. The van der Waals surface area contributed by atoms with Crippen LogP contribution in [0, 0.1) is 17.3 Å². The molecule has 0 radical (unpaired) electrons. The van der Waals surface area contributed by atoms with E-state index >= 15 is 0 Å². The van der Waals surface area contributed by atoms with Gasteiger partial charge in [0.1, 0.15) is 5.60 Å². The summed E-state index contributed by atoms with van der Waals surface area (Å²) in [7, 11) is 0. The van der Waals surface area contributed by atoms with Crippen LogP contribution in [0.15, 0.2) is 16.9 Å². The SMILES string of the molecule is CC(=O)O[C@@]1(C)Cc2cocc2[C@@H](O)[C@@H]2CC(C)(C)C[C@@H]21. The fourth-order valence-electron chi connectivity index (χ4n) is 4.53. The smallest absolute Gasteiger partial charge is 0.303 e. The van der Waals surface area contributed by atoms with Gasteiger partial charge in [-0.3, -0.25) is 4.79 Å². The number of aliphatic hydroxyl groups is 1. The molecule has 0 saturated heterocycles. The number of hydrogen-bond donors (Lipinski definition) is 1. The first-order valence-electron chi connectivity index (χ1n) is 7.64. The molecule has 2 aliphatic carbocycles. The molecule has 1 aromatic heterocycles. The van der Waals surface area contributed by atoms with Gasteiger partial charge in [0.15, 0.2) is 0 Å². The summed E-state index contributed by atoms with van der Waals surface area (Å²) in [6.45, 7) is 7.90. The summed E-state index contributed by atoms with van der Waals surface area (Å²) in [5.74, 6) is 0.00407. The van der Waals surface area contributed by atoms with E-state index in [0.717, 1.165) is 24.0 Å². The first-order chi connectivity index (χ1) is 9.72. The zero-order chi connectivity index (χ0) is 15.4. The van der Waals surface area contributed by atoms with Crippen molar-refractivity contribution in [2.24, 2.45) is 17.3 Å². The number of hydrogen-bond acceptors (Lipinski definition) is 4. The van der Waals surface area contributed by atoms with E-state index < -0.39 is 11.7 Å². The van der Waals surface area contributed by atoms with Crippen LogP contribution in [-0.2, 0) is 16.0 Å². The van der Waals surface area contributed by atoms with E-state index in [1.165, 1.54) is 6.92 Å². The second kappa shape index (κ2) is 4.60. The van der Waals surface area contributed by atoms with Crippen molar-refractivity contribution < 1.29 is 19.1 Å². The monoisotopic (exact) mass is 292 g/mol. The Morgan fingerprint density at radius 2 is 2.05 bits per heavy atom. The maximum absolute atomic E-state index is 11.6. The molecule has 3 rings (SSSR count). The van der Waals surface area contributed by atoms with Crippen LogP contribution in [0.25, 0.3) is 0 Å². The summed E-state index contributed by atoms with van der Waals surface area (Å²) in [5.41, 5.74) is 1.39. The summed E-state index contributed by atoms with van der Waals surface area (Å²) in [5, 5.41) is 10.8. The van der Waals surface area contributed by atoms with Crippen molar-refractivity contribution in [1.82, 2.24) is 0 Å². The number of aliphatic hydroxyl groups excluding tert-OH is 1. The maximum Gasteiger partial charge on any atom is 0.303 e. The molecule has 1 saturated carbocycles. The van der Waals surface area contributed by atoms with Gasteiger partial charge in [0.05, 0.1) is 18.6 Å². The Balaban J connectivity index is 2.06. The highest BCUT2D eigenvalue weighted by Crippen LogP contribution is 2.57. The standard InChI is InChI=1S/C17H24O4/c1-10(18)21-17(4)5-11-8-20-9-13(11)15(19)12-6-16(2,3)7-14(12)17/h8-9,12,14-15,19H,5-7H2,1-4H3/t12-,14+,15+,17+/m1/s1. The first kappa shape index (κ1) is 14.6. The van der Waals surface area contributed by atoms with Crippen LogP contribution in [-0.4, -0.2) is 16.7 Å². The van der Waals surface area contributed by atoms with Gasteiger partial charge >= 0.3 is 5.97 Å². The molecule has 116 valence electrons. The van der Waals surface area contributed by atoms with Crippen LogP contribution in [0.5, 0.6) is 0 Å². The zero-order valence-electron chi connectivity index (χ0n) is 13.2. The molecule has 4 atom stereocenters. The van der Waals surface area contributed by atoms with E-state index in [-0.39, 0.29) is 23.2 Å². The van der Waals surface area contributed by atoms with Gasteiger partial charge in [-0.1, -0.05) is 13.8 Å². The molecule has 1 N–H and O–H groups in total. The van der Waals surface area contributed by atoms with Crippen LogP contribution in [0.1, 0.15) is 57.8 Å². The lowest BCUT2D eigenvalue weighted by molar-refractivity contribution is -0.164. The number of fused-ring (bicyclic) bond motifs is 2. The molecule has 2 aliphatic rings. The summed E-state index contributed by atoms with van der Waals surface area (Å²) in [4.78, 5) is 11.6. The van der Waals surface area contributed by atoms with Crippen molar-refractivity contribution in [2.75, 3.05) is 0 Å². The normalized spacial score (nSPS) is 37.5. The Hall–Kier alpha value is -1.29.